The fourth-order valence-corrected chi connectivity index (χ4v) is 4.62. The summed E-state index contributed by atoms with van der Waals surface area (Å²) >= 11 is 9.37. The molecule has 0 saturated heterocycles. The number of rotatable bonds is 5. The lowest BCUT2D eigenvalue weighted by Gasteiger charge is -2.37. The summed E-state index contributed by atoms with van der Waals surface area (Å²) in [4.78, 5) is 0. The zero-order chi connectivity index (χ0) is 15.7. The molecule has 0 aliphatic rings. The Bertz CT molecular complexity index is 472. The lowest BCUT2D eigenvalue weighted by molar-refractivity contribution is 0.228. The van der Waals surface area contributed by atoms with E-state index in [0.29, 0.717) is 6.61 Å². The first kappa shape index (κ1) is 19.1. The van der Waals surface area contributed by atoms with E-state index in [1.807, 2.05) is 0 Å². The molecule has 0 aliphatic heterocycles. The van der Waals surface area contributed by atoms with Gasteiger partial charge in [-0.15, -0.1) is 0 Å². The maximum absolute atomic E-state index is 6.30. The molecule has 0 amide bonds. The molecule has 1 atom stereocenters. The van der Waals surface area contributed by atoms with Gasteiger partial charge in [0.15, 0.2) is 8.32 Å². The number of halogens is 3. The molecule has 1 aromatic heterocycles. The summed E-state index contributed by atoms with van der Waals surface area (Å²) in [5.74, 6) is 0. The van der Waals surface area contributed by atoms with Crippen LogP contribution in [0.4, 0.5) is 0 Å². The summed E-state index contributed by atoms with van der Waals surface area (Å²) in [7, 11) is -1.70. The van der Waals surface area contributed by atoms with Crippen molar-refractivity contribution in [2.45, 2.75) is 57.2 Å². The number of nitrogens with zero attached hydrogens (tertiary/aromatic N) is 2. The standard InChI is InChI=1S/C13H23Br2IN2OSi/c1-9(8-19-20(5,6)13(2,3)4)18-10(7-14)11(16)12(15)17-18/h9H,7-8H2,1-6H3/t9-/m0/s1. The summed E-state index contributed by atoms with van der Waals surface area (Å²) in [6.45, 7) is 14.2. The summed E-state index contributed by atoms with van der Waals surface area (Å²) in [5, 5.41) is 5.62. The van der Waals surface area contributed by atoms with Crippen LogP contribution in [0.3, 0.4) is 0 Å². The van der Waals surface area contributed by atoms with E-state index >= 15 is 0 Å². The highest BCUT2D eigenvalue weighted by Crippen LogP contribution is 2.37. The molecule has 0 bridgehead atoms. The van der Waals surface area contributed by atoms with E-state index in [0.717, 1.165) is 9.93 Å². The molecule has 20 heavy (non-hydrogen) atoms. The predicted molar refractivity (Wildman–Crippen MR) is 103 cm³/mol. The van der Waals surface area contributed by atoms with Gasteiger partial charge in [-0.05, 0) is 63.6 Å². The Hall–Kier alpha value is 1.08. The van der Waals surface area contributed by atoms with E-state index < -0.39 is 8.32 Å². The molecule has 116 valence electrons. The summed E-state index contributed by atoms with van der Waals surface area (Å²) < 4.78 is 10.4. The van der Waals surface area contributed by atoms with Crippen LogP contribution in [0.5, 0.6) is 0 Å². The second-order valence-corrected chi connectivity index (χ2v) is 13.7. The van der Waals surface area contributed by atoms with Crippen molar-refractivity contribution in [3.63, 3.8) is 0 Å². The van der Waals surface area contributed by atoms with Gasteiger partial charge in [-0.3, -0.25) is 4.68 Å². The second-order valence-electron chi connectivity index (χ2n) is 6.55. The van der Waals surface area contributed by atoms with Gasteiger partial charge in [-0.25, -0.2) is 0 Å². The average molecular weight is 538 g/mol. The smallest absolute Gasteiger partial charge is 0.192 e. The van der Waals surface area contributed by atoms with Crippen LogP contribution in [0.15, 0.2) is 4.60 Å². The van der Waals surface area contributed by atoms with Gasteiger partial charge >= 0.3 is 0 Å². The van der Waals surface area contributed by atoms with Crippen LogP contribution < -0.4 is 0 Å². The molecule has 1 aromatic rings. The van der Waals surface area contributed by atoms with E-state index in [2.05, 4.69) is 105 Å². The van der Waals surface area contributed by atoms with Crippen molar-refractivity contribution in [3.05, 3.63) is 13.9 Å². The number of hydrogen-bond acceptors (Lipinski definition) is 2. The maximum Gasteiger partial charge on any atom is 0.192 e. The van der Waals surface area contributed by atoms with E-state index in [1.165, 1.54) is 9.26 Å². The third kappa shape index (κ3) is 4.30. The molecule has 0 spiro atoms. The second kappa shape index (κ2) is 7.10. The van der Waals surface area contributed by atoms with Crippen molar-refractivity contribution in [3.8, 4) is 0 Å². The molecule has 0 N–H and O–H groups in total. The lowest BCUT2D eigenvalue weighted by atomic mass is 10.2. The van der Waals surface area contributed by atoms with Gasteiger partial charge < -0.3 is 4.43 Å². The van der Waals surface area contributed by atoms with Gasteiger partial charge in [0.05, 0.1) is 21.9 Å². The minimum atomic E-state index is -1.70. The van der Waals surface area contributed by atoms with Crippen molar-refractivity contribution < 1.29 is 4.43 Å². The minimum Gasteiger partial charge on any atom is -0.415 e. The molecule has 0 aromatic carbocycles. The highest BCUT2D eigenvalue weighted by atomic mass is 127. The van der Waals surface area contributed by atoms with Crippen molar-refractivity contribution in [2.75, 3.05) is 6.61 Å². The highest BCUT2D eigenvalue weighted by Gasteiger charge is 2.37. The van der Waals surface area contributed by atoms with Gasteiger partial charge in [0, 0.05) is 5.33 Å². The van der Waals surface area contributed by atoms with Crippen LogP contribution in [-0.2, 0) is 9.76 Å². The summed E-state index contributed by atoms with van der Waals surface area (Å²) in [6.07, 6.45) is 0. The topological polar surface area (TPSA) is 27.1 Å². The Morgan fingerprint density at radius 3 is 2.40 bits per heavy atom. The van der Waals surface area contributed by atoms with E-state index in [-0.39, 0.29) is 11.1 Å². The fourth-order valence-electron chi connectivity index (χ4n) is 1.52. The lowest BCUT2D eigenvalue weighted by Crippen LogP contribution is -2.42. The highest BCUT2D eigenvalue weighted by molar-refractivity contribution is 14.1. The zero-order valence-corrected chi connectivity index (χ0v) is 19.3. The van der Waals surface area contributed by atoms with Crippen molar-refractivity contribution in [2.24, 2.45) is 0 Å². The van der Waals surface area contributed by atoms with Crippen LogP contribution >= 0.6 is 54.5 Å². The number of hydrogen-bond donors (Lipinski definition) is 0. The molecule has 1 rings (SSSR count). The maximum atomic E-state index is 6.30. The van der Waals surface area contributed by atoms with Crippen LogP contribution in [0.2, 0.25) is 18.1 Å². The van der Waals surface area contributed by atoms with E-state index in [9.17, 15) is 0 Å². The van der Waals surface area contributed by atoms with Crippen molar-refractivity contribution in [1.29, 1.82) is 0 Å². The quantitative estimate of drug-likeness (QED) is 0.272. The van der Waals surface area contributed by atoms with E-state index in [1.54, 1.807) is 0 Å². The molecule has 0 saturated carbocycles. The average Bonchev–Trinajstić information content (AvgIpc) is 2.61. The summed E-state index contributed by atoms with van der Waals surface area (Å²) in [5.41, 5.74) is 1.20. The molecule has 1 heterocycles. The Labute approximate surface area is 153 Å². The van der Waals surface area contributed by atoms with Gasteiger partial charge in [0.25, 0.3) is 0 Å². The first-order valence-corrected chi connectivity index (χ1v) is 12.5. The number of aromatic nitrogens is 2. The molecule has 3 nitrogen and oxygen atoms in total. The fraction of sp³-hybridized carbons (Fsp3) is 0.769. The normalized spacial score (nSPS) is 14.7. The van der Waals surface area contributed by atoms with Crippen molar-refractivity contribution >= 4 is 62.8 Å². The van der Waals surface area contributed by atoms with Crippen LogP contribution in [-0.4, -0.2) is 24.7 Å². The Morgan fingerprint density at radius 1 is 1.40 bits per heavy atom. The zero-order valence-electron chi connectivity index (χ0n) is 12.9. The Morgan fingerprint density at radius 2 is 1.95 bits per heavy atom. The van der Waals surface area contributed by atoms with Crippen molar-refractivity contribution in [1.82, 2.24) is 9.78 Å². The predicted octanol–water partition coefficient (Wildman–Crippen LogP) is 5.73. The molecule has 0 fully saturated rings. The molecule has 0 unspecified atom stereocenters. The Kier molecular flexibility index (Phi) is 6.79. The first-order chi connectivity index (χ1) is 9.01. The molecular weight excluding hydrogens is 515 g/mol. The third-order valence-electron chi connectivity index (χ3n) is 3.94. The molecule has 0 aliphatic carbocycles. The van der Waals surface area contributed by atoms with Crippen LogP contribution in [0.25, 0.3) is 0 Å². The first-order valence-electron chi connectivity index (χ1n) is 6.63. The molecule has 7 heteroatoms. The van der Waals surface area contributed by atoms with Gasteiger partial charge in [0.1, 0.15) is 4.60 Å². The third-order valence-corrected chi connectivity index (χ3v) is 11.4. The van der Waals surface area contributed by atoms with Crippen LogP contribution in [0.1, 0.15) is 39.4 Å². The van der Waals surface area contributed by atoms with Crippen LogP contribution in [0, 0.1) is 3.57 Å². The molecular formula is C13H23Br2IN2OSi. The summed E-state index contributed by atoms with van der Waals surface area (Å²) in [6, 6.07) is 0.233. The largest absolute Gasteiger partial charge is 0.415 e. The van der Waals surface area contributed by atoms with Gasteiger partial charge in [-0.2, -0.15) is 5.10 Å². The monoisotopic (exact) mass is 536 g/mol. The minimum absolute atomic E-state index is 0.233. The Balaban J connectivity index is 2.83. The molecule has 0 radical (unpaired) electrons. The number of alkyl halides is 1. The van der Waals surface area contributed by atoms with Gasteiger partial charge in [0.2, 0.25) is 0 Å². The van der Waals surface area contributed by atoms with Gasteiger partial charge in [-0.1, -0.05) is 36.7 Å². The SMILES string of the molecule is C[C@@H](CO[Si](C)(C)C(C)(C)C)n1nc(Br)c(I)c1CBr. The van der Waals surface area contributed by atoms with E-state index in [4.69, 9.17) is 4.43 Å².